The molecule has 0 bridgehead atoms. The molecule has 0 heterocycles. The first-order valence-electron chi connectivity index (χ1n) is 5.18. The Morgan fingerprint density at radius 1 is 1.33 bits per heavy atom. The van der Waals surface area contributed by atoms with Gasteiger partial charge in [-0.3, -0.25) is 0 Å². The van der Waals surface area contributed by atoms with Crippen molar-refractivity contribution in [2.75, 3.05) is 18.2 Å². The molecule has 0 N–H and O–H groups in total. The van der Waals surface area contributed by atoms with Crippen LogP contribution < -0.4 is 4.74 Å². The van der Waals surface area contributed by atoms with E-state index in [0.717, 1.165) is 30.4 Å². The number of alkyl halides is 1. The highest BCUT2D eigenvalue weighted by atomic mass is 35.5. The fraction of sp³-hybridized carbons (Fsp3) is 0.500. The van der Waals surface area contributed by atoms with Crippen molar-refractivity contribution in [2.24, 2.45) is 0 Å². The van der Waals surface area contributed by atoms with E-state index in [0.29, 0.717) is 5.25 Å². The van der Waals surface area contributed by atoms with Crippen LogP contribution in [0.2, 0.25) is 0 Å². The molecule has 0 fully saturated rings. The van der Waals surface area contributed by atoms with E-state index in [1.165, 1.54) is 0 Å². The Morgan fingerprint density at radius 2 is 2.07 bits per heavy atom. The van der Waals surface area contributed by atoms with Crippen LogP contribution in [0.4, 0.5) is 0 Å². The smallest absolute Gasteiger partial charge is 0.119 e. The molecule has 0 saturated carbocycles. The van der Waals surface area contributed by atoms with Gasteiger partial charge in [-0.25, -0.2) is 0 Å². The van der Waals surface area contributed by atoms with Gasteiger partial charge in [-0.15, -0.1) is 11.6 Å². The van der Waals surface area contributed by atoms with E-state index in [-0.39, 0.29) is 0 Å². The lowest BCUT2D eigenvalue weighted by Gasteiger charge is -2.08. The van der Waals surface area contributed by atoms with Crippen LogP contribution in [-0.2, 0) is 0 Å². The highest BCUT2D eigenvalue weighted by molar-refractivity contribution is 7.99. The van der Waals surface area contributed by atoms with Gasteiger partial charge in [0.05, 0.1) is 6.61 Å². The minimum absolute atomic E-state index is 0.545. The molecule has 84 valence electrons. The first-order valence-corrected chi connectivity index (χ1v) is 6.76. The number of hydrogen-bond donors (Lipinski definition) is 0. The van der Waals surface area contributed by atoms with Crippen molar-refractivity contribution < 1.29 is 4.74 Å². The molecule has 1 rings (SSSR count). The minimum Gasteiger partial charge on any atom is -0.494 e. The van der Waals surface area contributed by atoms with Crippen molar-refractivity contribution >= 4 is 23.4 Å². The Labute approximate surface area is 101 Å². The van der Waals surface area contributed by atoms with E-state index in [4.69, 9.17) is 16.3 Å². The summed E-state index contributed by atoms with van der Waals surface area (Å²) in [6.45, 7) is 2.93. The lowest BCUT2D eigenvalue weighted by atomic mass is 10.3. The van der Waals surface area contributed by atoms with Gasteiger partial charge in [-0.05, 0) is 24.3 Å². The van der Waals surface area contributed by atoms with Crippen LogP contribution in [0.5, 0.6) is 5.75 Å². The van der Waals surface area contributed by atoms with E-state index >= 15 is 0 Å². The fourth-order valence-corrected chi connectivity index (χ4v) is 2.14. The van der Waals surface area contributed by atoms with Crippen LogP contribution in [0.1, 0.15) is 13.3 Å². The number of rotatable bonds is 7. The molecule has 0 spiro atoms. The summed E-state index contributed by atoms with van der Waals surface area (Å²) in [5.41, 5.74) is 0. The molecular formula is C12H17ClOS. The fourth-order valence-electron chi connectivity index (χ4n) is 1.09. The average Bonchev–Trinajstić information content (AvgIpc) is 2.29. The van der Waals surface area contributed by atoms with Gasteiger partial charge in [0.15, 0.2) is 0 Å². The molecule has 0 radical (unpaired) electrons. The summed E-state index contributed by atoms with van der Waals surface area (Å²) in [5, 5.41) is 0.545. The third kappa shape index (κ3) is 5.95. The van der Waals surface area contributed by atoms with Gasteiger partial charge < -0.3 is 4.74 Å². The van der Waals surface area contributed by atoms with Gasteiger partial charge in [0.2, 0.25) is 0 Å². The molecule has 1 unspecified atom stereocenters. The first-order chi connectivity index (χ1) is 7.33. The maximum atomic E-state index is 5.71. The van der Waals surface area contributed by atoms with Crippen molar-refractivity contribution in [3.05, 3.63) is 30.3 Å². The molecule has 1 aromatic rings. The lowest BCUT2D eigenvalue weighted by Crippen LogP contribution is -2.02. The maximum absolute atomic E-state index is 5.71. The number of thioether (sulfide) groups is 1. The molecule has 1 nitrogen and oxygen atoms in total. The molecule has 0 amide bonds. The Bertz CT molecular complexity index is 253. The van der Waals surface area contributed by atoms with Gasteiger partial charge in [0, 0.05) is 11.1 Å². The predicted molar refractivity (Wildman–Crippen MR) is 69.2 cm³/mol. The second-order valence-corrected chi connectivity index (χ2v) is 5.21. The van der Waals surface area contributed by atoms with Crippen molar-refractivity contribution in [1.82, 2.24) is 0 Å². The zero-order valence-corrected chi connectivity index (χ0v) is 10.6. The summed E-state index contributed by atoms with van der Waals surface area (Å²) in [6.07, 6.45) is 1.07. The molecule has 1 aromatic carbocycles. The number of benzene rings is 1. The van der Waals surface area contributed by atoms with Crippen LogP contribution >= 0.6 is 23.4 Å². The maximum Gasteiger partial charge on any atom is 0.119 e. The molecule has 0 aliphatic heterocycles. The molecule has 0 saturated heterocycles. The quantitative estimate of drug-likeness (QED) is 0.533. The Balaban J connectivity index is 2.03. The Hall–Kier alpha value is -0.340. The van der Waals surface area contributed by atoms with Crippen LogP contribution in [0.15, 0.2) is 30.3 Å². The standard InChI is InChI=1S/C12H17ClOS/c1-11(10-13)15-9-5-8-14-12-6-3-2-4-7-12/h2-4,6-7,11H,5,8-10H2,1H3. The van der Waals surface area contributed by atoms with Gasteiger partial charge in [-0.2, -0.15) is 11.8 Å². The van der Waals surface area contributed by atoms with E-state index < -0.39 is 0 Å². The second-order valence-electron chi connectivity index (χ2n) is 3.35. The van der Waals surface area contributed by atoms with Gasteiger partial charge in [0.1, 0.15) is 5.75 Å². The molecule has 15 heavy (non-hydrogen) atoms. The number of ether oxygens (including phenoxy) is 1. The third-order valence-corrected chi connectivity index (χ3v) is 3.83. The minimum atomic E-state index is 0.545. The molecule has 0 aliphatic carbocycles. The molecule has 1 atom stereocenters. The zero-order valence-electron chi connectivity index (χ0n) is 8.99. The Morgan fingerprint density at radius 3 is 2.73 bits per heavy atom. The van der Waals surface area contributed by atoms with Gasteiger partial charge >= 0.3 is 0 Å². The topological polar surface area (TPSA) is 9.23 Å². The van der Waals surface area contributed by atoms with Crippen molar-refractivity contribution in [3.63, 3.8) is 0 Å². The van der Waals surface area contributed by atoms with Gasteiger partial charge in [0.25, 0.3) is 0 Å². The highest BCUT2D eigenvalue weighted by Crippen LogP contribution is 2.14. The van der Waals surface area contributed by atoms with Crippen molar-refractivity contribution in [3.8, 4) is 5.75 Å². The zero-order chi connectivity index (χ0) is 10.9. The average molecular weight is 245 g/mol. The van der Waals surface area contributed by atoms with E-state index in [9.17, 15) is 0 Å². The third-order valence-electron chi connectivity index (χ3n) is 1.92. The number of para-hydroxylation sites is 1. The van der Waals surface area contributed by atoms with Crippen LogP contribution in [-0.4, -0.2) is 23.5 Å². The van der Waals surface area contributed by atoms with Crippen LogP contribution in [0.3, 0.4) is 0 Å². The van der Waals surface area contributed by atoms with E-state index in [1.807, 2.05) is 42.1 Å². The van der Waals surface area contributed by atoms with Gasteiger partial charge in [-0.1, -0.05) is 25.1 Å². The largest absolute Gasteiger partial charge is 0.494 e. The Kier molecular flexibility index (Phi) is 6.69. The summed E-state index contributed by atoms with van der Waals surface area (Å²) < 4.78 is 5.58. The molecule has 0 aromatic heterocycles. The lowest BCUT2D eigenvalue weighted by molar-refractivity contribution is 0.318. The number of hydrogen-bond acceptors (Lipinski definition) is 2. The summed E-state index contributed by atoms with van der Waals surface area (Å²) in [7, 11) is 0. The summed E-state index contributed by atoms with van der Waals surface area (Å²) in [6, 6.07) is 9.92. The van der Waals surface area contributed by atoms with E-state index in [2.05, 4.69) is 6.92 Å². The number of halogens is 1. The molecule has 3 heteroatoms. The molecular weight excluding hydrogens is 228 g/mol. The second kappa shape index (κ2) is 7.89. The summed E-state index contributed by atoms with van der Waals surface area (Å²) in [5.74, 6) is 2.79. The van der Waals surface area contributed by atoms with Crippen molar-refractivity contribution in [2.45, 2.75) is 18.6 Å². The van der Waals surface area contributed by atoms with Crippen LogP contribution in [0, 0.1) is 0 Å². The monoisotopic (exact) mass is 244 g/mol. The normalized spacial score (nSPS) is 12.4. The summed E-state index contributed by atoms with van der Waals surface area (Å²) >= 11 is 7.61. The summed E-state index contributed by atoms with van der Waals surface area (Å²) in [4.78, 5) is 0. The highest BCUT2D eigenvalue weighted by Gasteiger charge is 1.99. The van der Waals surface area contributed by atoms with E-state index in [1.54, 1.807) is 0 Å². The van der Waals surface area contributed by atoms with Crippen molar-refractivity contribution in [1.29, 1.82) is 0 Å². The van der Waals surface area contributed by atoms with Crippen LogP contribution in [0.25, 0.3) is 0 Å². The first kappa shape index (κ1) is 12.7. The SMILES string of the molecule is CC(CCl)SCCCOc1ccccc1. The molecule has 0 aliphatic rings. The predicted octanol–water partition coefficient (Wildman–Crippen LogP) is 3.82.